The largest absolute Gasteiger partial charge is 0.459 e. The summed E-state index contributed by atoms with van der Waals surface area (Å²) in [6.07, 6.45) is 2.88. The van der Waals surface area contributed by atoms with Gasteiger partial charge in [0.25, 0.3) is 5.91 Å². The van der Waals surface area contributed by atoms with Gasteiger partial charge in [-0.25, -0.2) is 9.78 Å². The van der Waals surface area contributed by atoms with Crippen molar-refractivity contribution < 1.29 is 23.2 Å². The number of aromatic nitrogens is 1. The molecule has 30 heavy (non-hydrogen) atoms. The topological polar surface area (TPSA) is 94.6 Å². The van der Waals surface area contributed by atoms with E-state index >= 15 is 0 Å². The molecule has 0 unspecified atom stereocenters. The zero-order chi connectivity index (χ0) is 20.9. The molecule has 2 aromatic heterocycles. The number of anilines is 1. The quantitative estimate of drug-likeness (QED) is 0.463. The molecule has 0 aliphatic rings. The second kappa shape index (κ2) is 8.48. The van der Waals surface area contributed by atoms with Crippen LogP contribution < -0.4 is 5.32 Å². The number of carbonyl (C=O) groups excluding carboxylic acids is 2. The Bertz CT molecular complexity index is 1160. The Morgan fingerprint density at radius 3 is 2.63 bits per heavy atom. The fraction of sp³-hybridized carbons (Fsp3) is 0.0870. The highest BCUT2D eigenvalue weighted by atomic mass is 16.5. The summed E-state index contributed by atoms with van der Waals surface area (Å²) in [7, 11) is 0. The number of hydrogen-bond acceptors (Lipinski definition) is 6. The number of nitrogens with one attached hydrogen (secondary N) is 1. The van der Waals surface area contributed by atoms with E-state index in [1.807, 2.05) is 37.3 Å². The summed E-state index contributed by atoms with van der Waals surface area (Å²) < 4.78 is 15.9. The highest BCUT2D eigenvalue weighted by molar-refractivity contribution is 6.03. The Labute approximate surface area is 172 Å². The molecule has 1 N–H and O–H groups in total. The van der Waals surface area contributed by atoms with Crippen molar-refractivity contribution in [2.24, 2.45) is 0 Å². The molecule has 7 nitrogen and oxygen atoms in total. The van der Waals surface area contributed by atoms with Gasteiger partial charge in [-0.2, -0.15) is 0 Å². The van der Waals surface area contributed by atoms with Crippen molar-refractivity contribution in [1.29, 1.82) is 0 Å². The Hall–Kier alpha value is -4.13. The molecule has 0 spiro atoms. The van der Waals surface area contributed by atoms with E-state index in [0.717, 1.165) is 11.1 Å². The summed E-state index contributed by atoms with van der Waals surface area (Å²) in [5, 5.41) is 2.74. The van der Waals surface area contributed by atoms with Crippen molar-refractivity contribution in [2.75, 3.05) is 5.32 Å². The molecule has 0 bridgehead atoms. The van der Waals surface area contributed by atoms with Gasteiger partial charge in [-0.3, -0.25) is 4.79 Å². The summed E-state index contributed by atoms with van der Waals surface area (Å²) >= 11 is 0. The van der Waals surface area contributed by atoms with Gasteiger partial charge < -0.3 is 18.9 Å². The fourth-order valence-electron chi connectivity index (χ4n) is 2.78. The normalized spacial score (nSPS) is 10.6. The molecule has 0 saturated carbocycles. The smallest absolute Gasteiger partial charge is 0.338 e. The third-order valence-electron chi connectivity index (χ3n) is 4.39. The van der Waals surface area contributed by atoms with Crippen LogP contribution in [0.3, 0.4) is 0 Å². The number of oxazole rings is 1. The van der Waals surface area contributed by atoms with Crippen LogP contribution in [0.5, 0.6) is 0 Å². The molecule has 0 fully saturated rings. The van der Waals surface area contributed by atoms with E-state index < -0.39 is 11.9 Å². The van der Waals surface area contributed by atoms with Crippen LogP contribution in [-0.4, -0.2) is 16.9 Å². The number of nitrogens with zero attached hydrogens (tertiary/aromatic N) is 1. The van der Waals surface area contributed by atoms with Crippen LogP contribution in [0.15, 0.2) is 82.0 Å². The number of esters is 1. The maximum Gasteiger partial charge on any atom is 0.338 e. The average molecular weight is 402 g/mol. The van der Waals surface area contributed by atoms with Gasteiger partial charge in [-0.1, -0.05) is 24.3 Å². The monoisotopic (exact) mass is 402 g/mol. The Kier molecular flexibility index (Phi) is 5.43. The molecule has 0 aliphatic carbocycles. The van der Waals surface area contributed by atoms with Crippen LogP contribution in [0.1, 0.15) is 32.2 Å². The van der Waals surface area contributed by atoms with E-state index in [4.69, 9.17) is 13.6 Å². The molecule has 0 atom stereocenters. The minimum atomic E-state index is -0.534. The van der Waals surface area contributed by atoms with Crippen molar-refractivity contribution in [1.82, 2.24) is 4.98 Å². The molecular weight excluding hydrogens is 384 g/mol. The Balaban J connectivity index is 1.41. The van der Waals surface area contributed by atoms with Gasteiger partial charge in [0.1, 0.15) is 18.6 Å². The first-order valence-corrected chi connectivity index (χ1v) is 9.22. The van der Waals surface area contributed by atoms with Gasteiger partial charge in [0.05, 0.1) is 11.8 Å². The number of ether oxygens (including phenoxy) is 1. The minimum Gasteiger partial charge on any atom is -0.459 e. The Morgan fingerprint density at radius 2 is 1.87 bits per heavy atom. The van der Waals surface area contributed by atoms with Gasteiger partial charge in [0.15, 0.2) is 5.76 Å². The van der Waals surface area contributed by atoms with Gasteiger partial charge in [0, 0.05) is 11.3 Å². The first-order chi connectivity index (χ1) is 14.6. The maximum atomic E-state index is 12.5. The molecule has 0 radical (unpaired) electrons. The van der Waals surface area contributed by atoms with E-state index in [-0.39, 0.29) is 12.4 Å². The molecule has 0 saturated heterocycles. The van der Waals surface area contributed by atoms with Crippen LogP contribution in [0, 0.1) is 6.92 Å². The molecule has 1 amide bonds. The van der Waals surface area contributed by atoms with Gasteiger partial charge in [-0.15, -0.1) is 0 Å². The Morgan fingerprint density at radius 1 is 1.03 bits per heavy atom. The lowest BCUT2D eigenvalue weighted by atomic mass is 10.1. The van der Waals surface area contributed by atoms with Crippen molar-refractivity contribution >= 4 is 17.6 Å². The van der Waals surface area contributed by atoms with Gasteiger partial charge >= 0.3 is 5.97 Å². The molecule has 4 rings (SSSR count). The summed E-state index contributed by atoms with van der Waals surface area (Å²) in [5.41, 5.74) is 2.95. The highest BCUT2D eigenvalue weighted by Crippen LogP contribution is 2.21. The predicted molar refractivity (Wildman–Crippen MR) is 109 cm³/mol. The van der Waals surface area contributed by atoms with E-state index in [1.165, 1.54) is 12.5 Å². The lowest BCUT2D eigenvalue weighted by molar-refractivity contribution is 0.0467. The second-order valence-electron chi connectivity index (χ2n) is 6.55. The van der Waals surface area contributed by atoms with Crippen molar-refractivity contribution in [3.05, 3.63) is 95.8 Å². The SMILES string of the molecule is Cc1ccc(C(=O)OCc2coc(-c3ccccc3)n2)cc1NC(=O)c1ccco1. The van der Waals surface area contributed by atoms with E-state index in [1.54, 1.807) is 30.3 Å². The minimum absolute atomic E-state index is 0.0306. The van der Waals surface area contributed by atoms with Crippen LogP contribution in [0.2, 0.25) is 0 Å². The first kappa shape index (κ1) is 19.2. The van der Waals surface area contributed by atoms with E-state index in [2.05, 4.69) is 10.3 Å². The number of furan rings is 1. The molecule has 4 aromatic rings. The highest BCUT2D eigenvalue weighted by Gasteiger charge is 2.15. The standard InChI is InChI=1S/C23H18N2O5/c1-15-9-10-17(12-19(15)25-21(26)20-8-5-11-28-20)23(27)30-14-18-13-29-22(24-18)16-6-3-2-4-7-16/h2-13H,14H2,1H3,(H,25,26). The number of benzene rings is 2. The van der Waals surface area contributed by atoms with Crippen molar-refractivity contribution in [3.8, 4) is 11.5 Å². The predicted octanol–water partition coefficient (Wildman–Crippen LogP) is 4.85. The molecular formula is C23H18N2O5. The van der Waals surface area contributed by atoms with Crippen LogP contribution in [0.25, 0.3) is 11.5 Å². The number of hydrogen-bond donors (Lipinski definition) is 1. The third kappa shape index (κ3) is 4.30. The molecule has 2 aromatic carbocycles. The number of amides is 1. The van der Waals surface area contributed by atoms with Crippen LogP contribution in [0.4, 0.5) is 5.69 Å². The summed E-state index contributed by atoms with van der Waals surface area (Å²) in [6.45, 7) is 1.80. The summed E-state index contributed by atoms with van der Waals surface area (Å²) in [4.78, 5) is 29.0. The summed E-state index contributed by atoms with van der Waals surface area (Å²) in [5.74, 6) is -0.292. The van der Waals surface area contributed by atoms with Crippen molar-refractivity contribution in [3.63, 3.8) is 0 Å². The lowest BCUT2D eigenvalue weighted by Gasteiger charge is -2.09. The second-order valence-corrected chi connectivity index (χ2v) is 6.55. The summed E-state index contributed by atoms with van der Waals surface area (Å²) in [6, 6.07) is 17.6. The zero-order valence-electron chi connectivity index (χ0n) is 16.1. The zero-order valence-corrected chi connectivity index (χ0v) is 16.1. The maximum absolute atomic E-state index is 12.5. The number of rotatable bonds is 6. The van der Waals surface area contributed by atoms with Gasteiger partial charge in [-0.05, 0) is 48.9 Å². The number of carbonyl (C=O) groups is 2. The molecule has 150 valence electrons. The van der Waals surface area contributed by atoms with Crippen molar-refractivity contribution in [2.45, 2.75) is 13.5 Å². The third-order valence-corrected chi connectivity index (χ3v) is 4.39. The van der Waals surface area contributed by atoms with Crippen LogP contribution >= 0.6 is 0 Å². The lowest BCUT2D eigenvalue weighted by Crippen LogP contribution is -2.13. The molecule has 2 heterocycles. The van der Waals surface area contributed by atoms with Gasteiger partial charge in [0.2, 0.25) is 5.89 Å². The number of aryl methyl sites for hydroxylation is 1. The first-order valence-electron chi connectivity index (χ1n) is 9.22. The fourth-order valence-corrected chi connectivity index (χ4v) is 2.78. The average Bonchev–Trinajstić information content (AvgIpc) is 3.46. The van der Waals surface area contributed by atoms with Crippen LogP contribution in [-0.2, 0) is 11.3 Å². The van der Waals surface area contributed by atoms with E-state index in [9.17, 15) is 9.59 Å². The molecule has 0 aliphatic heterocycles. The molecule has 7 heteroatoms. The van der Waals surface area contributed by atoms with E-state index in [0.29, 0.717) is 22.8 Å².